The molecule has 1 aromatic heterocycles. The van der Waals surface area contributed by atoms with Crippen LogP contribution in [0.1, 0.15) is 18.9 Å². The number of nitrogens with zero attached hydrogens (tertiary/aromatic N) is 2. The van der Waals surface area contributed by atoms with Gasteiger partial charge in [0.1, 0.15) is 0 Å². The second-order valence-electron chi connectivity index (χ2n) is 6.54. The van der Waals surface area contributed by atoms with Crippen LogP contribution < -0.4 is 10.2 Å². The highest BCUT2D eigenvalue weighted by Crippen LogP contribution is 2.30. The zero-order valence-electron chi connectivity index (χ0n) is 14.5. The molecule has 1 fully saturated rings. The molecule has 2 heterocycles. The van der Waals surface area contributed by atoms with E-state index in [2.05, 4.69) is 22.4 Å². The summed E-state index contributed by atoms with van der Waals surface area (Å²) in [5.74, 6) is -0.00862. The molecule has 0 aliphatic carbocycles. The molecule has 0 bridgehead atoms. The second kappa shape index (κ2) is 6.63. The van der Waals surface area contributed by atoms with Gasteiger partial charge in [-0.05, 0) is 36.2 Å². The highest BCUT2D eigenvalue weighted by Gasteiger charge is 2.36. The van der Waals surface area contributed by atoms with Gasteiger partial charge in [-0.25, -0.2) is 0 Å². The van der Waals surface area contributed by atoms with E-state index in [0.717, 1.165) is 23.0 Å². The van der Waals surface area contributed by atoms with Crippen molar-refractivity contribution in [2.45, 2.75) is 19.8 Å². The Morgan fingerprint density at radius 1 is 1.23 bits per heavy atom. The fraction of sp³-hybridized carbons (Fsp3) is 0.250. The Morgan fingerprint density at radius 2 is 2.00 bits per heavy atom. The predicted molar refractivity (Wildman–Crippen MR) is 101 cm³/mol. The number of anilines is 2. The molecule has 132 valence electrons. The number of hydrogen-bond donors (Lipinski definition) is 2. The van der Waals surface area contributed by atoms with E-state index in [1.807, 2.05) is 48.5 Å². The first-order valence-electron chi connectivity index (χ1n) is 8.79. The normalized spacial score (nSPS) is 17.0. The first-order valence-corrected chi connectivity index (χ1v) is 8.79. The van der Waals surface area contributed by atoms with Gasteiger partial charge >= 0.3 is 0 Å². The number of rotatable bonds is 4. The molecule has 1 aliphatic rings. The van der Waals surface area contributed by atoms with Crippen molar-refractivity contribution in [2.24, 2.45) is 5.92 Å². The summed E-state index contributed by atoms with van der Waals surface area (Å²) < 4.78 is 0. The quantitative estimate of drug-likeness (QED) is 0.760. The number of amides is 2. The standard InChI is InChI=1S/C20H20N4O2/c1-2-13-7-9-15(10-8-13)21-20(26)14-11-18(25)24(12-14)19-16-5-3-4-6-17(16)22-23-19/h3-10,14H,2,11-12H2,1H3,(H,21,26)(H,22,23)/t14-/m1/s1. The SMILES string of the molecule is CCc1ccc(NC(=O)[C@@H]2CC(=O)N(c3n[nH]c4ccccc34)C2)cc1. The van der Waals surface area contributed by atoms with E-state index in [4.69, 9.17) is 0 Å². The maximum Gasteiger partial charge on any atom is 0.229 e. The van der Waals surface area contributed by atoms with Crippen molar-refractivity contribution >= 4 is 34.2 Å². The monoisotopic (exact) mass is 348 g/mol. The molecule has 2 aromatic carbocycles. The molecule has 0 saturated carbocycles. The number of benzene rings is 2. The van der Waals surface area contributed by atoms with Crippen molar-refractivity contribution in [1.29, 1.82) is 0 Å². The highest BCUT2D eigenvalue weighted by molar-refractivity contribution is 6.06. The summed E-state index contributed by atoms with van der Waals surface area (Å²) >= 11 is 0. The van der Waals surface area contributed by atoms with Crippen LogP contribution in [0.15, 0.2) is 48.5 Å². The Morgan fingerprint density at radius 3 is 2.77 bits per heavy atom. The zero-order valence-corrected chi connectivity index (χ0v) is 14.5. The Bertz CT molecular complexity index is 961. The van der Waals surface area contributed by atoms with Gasteiger partial charge in [0.25, 0.3) is 0 Å². The van der Waals surface area contributed by atoms with Gasteiger partial charge in [0, 0.05) is 24.0 Å². The third kappa shape index (κ3) is 2.94. The molecule has 1 saturated heterocycles. The van der Waals surface area contributed by atoms with E-state index in [0.29, 0.717) is 12.4 Å². The number of fused-ring (bicyclic) bond motifs is 1. The van der Waals surface area contributed by atoms with Crippen molar-refractivity contribution in [3.8, 4) is 0 Å². The third-order valence-corrected chi connectivity index (χ3v) is 4.83. The lowest BCUT2D eigenvalue weighted by Gasteiger charge is -2.14. The summed E-state index contributed by atoms with van der Waals surface area (Å²) in [7, 11) is 0. The number of aryl methyl sites for hydroxylation is 1. The molecule has 1 aliphatic heterocycles. The number of H-pyrrole nitrogens is 1. The first kappa shape index (κ1) is 16.3. The highest BCUT2D eigenvalue weighted by atomic mass is 16.2. The average molecular weight is 348 g/mol. The number of carbonyl (C=O) groups is 2. The molecule has 1 atom stereocenters. The Kier molecular flexibility index (Phi) is 4.16. The number of para-hydroxylation sites is 1. The largest absolute Gasteiger partial charge is 0.326 e. The maximum absolute atomic E-state index is 12.6. The lowest BCUT2D eigenvalue weighted by Crippen LogP contribution is -2.28. The molecule has 26 heavy (non-hydrogen) atoms. The summed E-state index contributed by atoms with van der Waals surface area (Å²) in [5, 5.41) is 11.0. The van der Waals surface area contributed by atoms with Crippen LogP contribution in [0, 0.1) is 5.92 Å². The van der Waals surface area contributed by atoms with Crippen LogP contribution in [-0.2, 0) is 16.0 Å². The summed E-state index contributed by atoms with van der Waals surface area (Å²) in [6.07, 6.45) is 1.15. The molecule has 6 nitrogen and oxygen atoms in total. The van der Waals surface area contributed by atoms with Crippen molar-refractivity contribution in [3.05, 3.63) is 54.1 Å². The van der Waals surface area contributed by atoms with E-state index in [1.54, 1.807) is 4.90 Å². The number of aromatic amines is 1. The van der Waals surface area contributed by atoms with Crippen LogP contribution >= 0.6 is 0 Å². The van der Waals surface area contributed by atoms with E-state index < -0.39 is 0 Å². The summed E-state index contributed by atoms with van der Waals surface area (Å²) in [5.41, 5.74) is 2.85. The summed E-state index contributed by atoms with van der Waals surface area (Å²) in [4.78, 5) is 26.6. The van der Waals surface area contributed by atoms with E-state index in [1.165, 1.54) is 5.56 Å². The Balaban J connectivity index is 1.49. The van der Waals surface area contributed by atoms with Gasteiger partial charge in [0.15, 0.2) is 5.82 Å². The van der Waals surface area contributed by atoms with Crippen LogP contribution in [-0.4, -0.2) is 28.6 Å². The van der Waals surface area contributed by atoms with Crippen LogP contribution in [0.4, 0.5) is 11.5 Å². The minimum absolute atomic E-state index is 0.0799. The lowest BCUT2D eigenvalue weighted by molar-refractivity contribution is -0.122. The minimum atomic E-state index is -0.385. The number of aromatic nitrogens is 2. The van der Waals surface area contributed by atoms with Gasteiger partial charge in [0.05, 0.1) is 11.4 Å². The number of nitrogens with one attached hydrogen (secondary N) is 2. The minimum Gasteiger partial charge on any atom is -0.326 e. The van der Waals surface area contributed by atoms with Gasteiger partial charge in [-0.2, -0.15) is 5.10 Å². The Labute approximate surface area is 151 Å². The molecule has 0 spiro atoms. The van der Waals surface area contributed by atoms with Crippen LogP contribution in [0.5, 0.6) is 0 Å². The number of carbonyl (C=O) groups excluding carboxylic acids is 2. The summed E-state index contributed by atoms with van der Waals surface area (Å²) in [6, 6.07) is 15.4. The van der Waals surface area contributed by atoms with Crippen LogP contribution in [0.3, 0.4) is 0 Å². The van der Waals surface area contributed by atoms with Crippen molar-refractivity contribution in [3.63, 3.8) is 0 Å². The van der Waals surface area contributed by atoms with Crippen LogP contribution in [0.2, 0.25) is 0 Å². The molecule has 0 radical (unpaired) electrons. The lowest BCUT2D eigenvalue weighted by atomic mass is 10.1. The van der Waals surface area contributed by atoms with E-state index in [9.17, 15) is 9.59 Å². The van der Waals surface area contributed by atoms with Gasteiger partial charge < -0.3 is 5.32 Å². The zero-order chi connectivity index (χ0) is 18.1. The van der Waals surface area contributed by atoms with Crippen molar-refractivity contribution in [1.82, 2.24) is 10.2 Å². The molecule has 4 rings (SSSR count). The number of hydrogen-bond acceptors (Lipinski definition) is 3. The first-order chi connectivity index (χ1) is 12.7. The Hall–Kier alpha value is -3.15. The van der Waals surface area contributed by atoms with Gasteiger partial charge in [-0.15, -0.1) is 0 Å². The molecular formula is C20H20N4O2. The maximum atomic E-state index is 12.6. The molecule has 6 heteroatoms. The third-order valence-electron chi connectivity index (χ3n) is 4.83. The van der Waals surface area contributed by atoms with Gasteiger partial charge in [0.2, 0.25) is 11.8 Å². The van der Waals surface area contributed by atoms with Crippen LogP contribution in [0.25, 0.3) is 10.9 Å². The fourth-order valence-electron chi connectivity index (χ4n) is 3.31. The van der Waals surface area contributed by atoms with Gasteiger partial charge in [-0.3, -0.25) is 19.6 Å². The fourth-order valence-corrected chi connectivity index (χ4v) is 3.31. The summed E-state index contributed by atoms with van der Waals surface area (Å²) in [6.45, 7) is 2.43. The second-order valence-corrected chi connectivity index (χ2v) is 6.54. The molecule has 0 unspecified atom stereocenters. The predicted octanol–water partition coefficient (Wildman–Crippen LogP) is 3.12. The van der Waals surface area contributed by atoms with Gasteiger partial charge in [-0.1, -0.05) is 31.2 Å². The molecule has 2 amide bonds. The van der Waals surface area contributed by atoms with Crippen molar-refractivity contribution in [2.75, 3.05) is 16.8 Å². The molecule has 2 N–H and O–H groups in total. The van der Waals surface area contributed by atoms with E-state index in [-0.39, 0.29) is 24.2 Å². The molecule has 3 aromatic rings. The average Bonchev–Trinajstić information content (AvgIpc) is 3.25. The molecular weight excluding hydrogens is 328 g/mol. The topological polar surface area (TPSA) is 78.1 Å². The van der Waals surface area contributed by atoms with Crippen molar-refractivity contribution < 1.29 is 9.59 Å². The van der Waals surface area contributed by atoms with E-state index >= 15 is 0 Å². The smallest absolute Gasteiger partial charge is 0.229 e.